The van der Waals surface area contributed by atoms with Crippen LogP contribution in [-0.2, 0) is 16.8 Å². The minimum atomic E-state index is 0. The van der Waals surface area contributed by atoms with E-state index in [0.29, 0.717) is 0 Å². The molecule has 17 heteroatoms. The normalized spacial score (nSPS) is 8.98. The second kappa shape index (κ2) is 18.2. The summed E-state index contributed by atoms with van der Waals surface area (Å²) in [4.78, 5) is 20.0. The first-order valence-electron chi connectivity index (χ1n) is 11.0. The second-order valence-corrected chi connectivity index (χ2v) is 8.82. The van der Waals surface area contributed by atoms with Crippen molar-refractivity contribution in [1.82, 2.24) is 40.3 Å². The van der Waals surface area contributed by atoms with Crippen molar-refractivity contribution >= 4 is 22.7 Å². The Bertz CT molecular complexity index is 1400. The summed E-state index contributed by atoms with van der Waals surface area (Å²) >= 11 is 2.98. The van der Waals surface area contributed by atoms with E-state index >= 15 is 0 Å². The second-order valence-electron chi connectivity index (χ2n) is 6.86. The number of aromatic nitrogens is 8. The Balaban J connectivity index is 0.000000236. The maximum atomic E-state index is 6.75. The van der Waals surface area contributed by atoms with Crippen molar-refractivity contribution < 1.29 is 16.8 Å². The molecular formula is C24H16CoN14S2. The first kappa shape index (κ1) is 32.1. The third-order valence-electron chi connectivity index (χ3n) is 4.39. The van der Waals surface area contributed by atoms with E-state index in [1.165, 1.54) is 32.5 Å². The summed E-state index contributed by atoms with van der Waals surface area (Å²) in [5, 5.41) is 19.8. The van der Waals surface area contributed by atoms with Crippen LogP contribution in [0.25, 0.3) is 74.8 Å². The van der Waals surface area contributed by atoms with Gasteiger partial charge in [0.2, 0.25) is 0 Å². The van der Waals surface area contributed by atoms with Crippen LogP contribution in [0.15, 0.2) is 97.6 Å². The van der Waals surface area contributed by atoms with Gasteiger partial charge in [-0.05, 0) is 48.5 Å². The molecule has 6 aromatic rings. The molecule has 1 radical (unpaired) electrons. The zero-order valence-electron chi connectivity index (χ0n) is 20.6. The summed E-state index contributed by atoms with van der Waals surface area (Å²) in [5.74, 6) is 0. The molecule has 0 aromatic carbocycles. The van der Waals surface area contributed by atoms with E-state index in [4.69, 9.17) is 22.1 Å². The van der Waals surface area contributed by atoms with Crippen LogP contribution < -0.4 is 0 Å². The van der Waals surface area contributed by atoms with E-state index in [0.717, 1.165) is 42.8 Å². The Hall–Kier alpha value is -5.15. The molecule has 0 amide bonds. The fraction of sp³-hybridized carbons (Fsp3) is 0. The van der Waals surface area contributed by atoms with Gasteiger partial charge in [-0.2, -0.15) is 0 Å². The molecule has 0 N–H and O–H groups in total. The van der Waals surface area contributed by atoms with Crippen molar-refractivity contribution in [3.63, 3.8) is 0 Å². The van der Waals surface area contributed by atoms with Crippen LogP contribution in [0, 0.1) is 0 Å². The van der Waals surface area contributed by atoms with Crippen LogP contribution in [0.5, 0.6) is 0 Å². The van der Waals surface area contributed by atoms with E-state index in [1.54, 1.807) is 24.8 Å². The Morgan fingerprint density at radius 2 is 0.634 bits per heavy atom. The van der Waals surface area contributed by atoms with Gasteiger partial charge in [-0.25, -0.2) is 0 Å². The van der Waals surface area contributed by atoms with E-state index in [1.807, 2.05) is 72.8 Å². The van der Waals surface area contributed by atoms with Crippen molar-refractivity contribution in [2.24, 2.45) is 0 Å². The standard InChI is InChI=1S/2C12H8N4S.Co.2N3/c2*1-3-7-13-9(5-1)11-15-16-12(17-11)10-6-2-4-8-14-10;;2*1-3-2/h2*1-8H;;;/q;;+2;2*-1. The van der Waals surface area contributed by atoms with Gasteiger partial charge in [-0.15, -0.1) is 20.4 Å². The van der Waals surface area contributed by atoms with Crippen LogP contribution >= 0.6 is 22.7 Å². The monoisotopic (exact) mass is 623 g/mol. The average Bonchev–Trinajstić information content (AvgIpc) is 3.72. The summed E-state index contributed by atoms with van der Waals surface area (Å²) in [6.07, 6.45) is 6.99. The molecule has 6 aromatic heterocycles. The van der Waals surface area contributed by atoms with Gasteiger partial charge in [0.05, 0.1) is 0 Å². The fourth-order valence-electron chi connectivity index (χ4n) is 2.82. The third kappa shape index (κ3) is 10.2. The zero-order chi connectivity index (χ0) is 28.4. The van der Waals surface area contributed by atoms with Gasteiger partial charge in [0.1, 0.15) is 22.8 Å². The molecule has 41 heavy (non-hydrogen) atoms. The number of rotatable bonds is 4. The van der Waals surface area contributed by atoms with E-state index in [-0.39, 0.29) is 16.8 Å². The summed E-state index contributed by atoms with van der Waals surface area (Å²) in [7, 11) is 0. The molecule has 203 valence electrons. The summed E-state index contributed by atoms with van der Waals surface area (Å²) < 4.78 is 0. The predicted octanol–water partition coefficient (Wildman–Crippen LogP) is 7.05. The van der Waals surface area contributed by atoms with Gasteiger partial charge in [0, 0.05) is 24.8 Å². The molecule has 0 unspecified atom stereocenters. The van der Waals surface area contributed by atoms with Gasteiger partial charge < -0.3 is 22.1 Å². The van der Waals surface area contributed by atoms with Crippen molar-refractivity contribution in [3.05, 3.63) is 130 Å². The van der Waals surface area contributed by atoms with E-state index in [2.05, 4.69) is 40.3 Å². The van der Waals surface area contributed by atoms with Crippen molar-refractivity contribution in [2.75, 3.05) is 0 Å². The quantitative estimate of drug-likeness (QED) is 0.112. The van der Waals surface area contributed by atoms with Crippen molar-refractivity contribution in [3.8, 4) is 42.8 Å². The maximum absolute atomic E-state index is 6.75. The minimum absolute atomic E-state index is 0. The first-order chi connectivity index (χ1) is 19.7. The van der Waals surface area contributed by atoms with Crippen LogP contribution in [0.4, 0.5) is 0 Å². The van der Waals surface area contributed by atoms with Crippen LogP contribution in [0.1, 0.15) is 0 Å². The number of pyridine rings is 4. The molecule has 0 fully saturated rings. The van der Waals surface area contributed by atoms with Gasteiger partial charge in [-0.1, -0.05) is 46.9 Å². The van der Waals surface area contributed by atoms with Crippen molar-refractivity contribution in [1.29, 1.82) is 0 Å². The maximum Gasteiger partial charge on any atom is 2.00 e. The summed E-state index contributed by atoms with van der Waals surface area (Å²) in [6.45, 7) is 0. The van der Waals surface area contributed by atoms with E-state index in [9.17, 15) is 0 Å². The minimum Gasteiger partial charge on any atom is -0.373 e. The summed E-state index contributed by atoms with van der Waals surface area (Å²) in [5.41, 5.74) is 30.4. The van der Waals surface area contributed by atoms with E-state index < -0.39 is 0 Å². The molecule has 0 bridgehead atoms. The molecule has 0 aliphatic rings. The molecule has 0 saturated carbocycles. The SMILES string of the molecule is [Co+2].[N-]=[N+]=[N-].[N-]=[N+]=[N-].c1ccc(-c2nnc(-c3ccccn3)s2)nc1.c1ccc(-c2nnc(-c3ccccn3)s2)nc1. The Kier molecular flexibility index (Phi) is 14.2. The van der Waals surface area contributed by atoms with Gasteiger partial charge >= 0.3 is 16.8 Å². The summed E-state index contributed by atoms with van der Waals surface area (Å²) in [6, 6.07) is 22.9. The smallest absolute Gasteiger partial charge is 0.373 e. The third-order valence-corrected chi connectivity index (χ3v) is 6.32. The molecule has 0 aliphatic carbocycles. The molecule has 6 rings (SSSR count). The number of hydrogen-bond donors (Lipinski definition) is 0. The molecule has 0 aliphatic heterocycles. The first-order valence-corrected chi connectivity index (χ1v) is 12.6. The van der Waals surface area contributed by atoms with Crippen LogP contribution in [0.3, 0.4) is 0 Å². The Labute approximate surface area is 251 Å². The van der Waals surface area contributed by atoms with Crippen LogP contribution in [0.2, 0.25) is 0 Å². The molecule has 14 nitrogen and oxygen atoms in total. The predicted molar refractivity (Wildman–Crippen MR) is 153 cm³/mol. The number of hydrogen-bond acceptors (Lipinski definition) is 10. The zero-order valence-corrected chi connectivity index (χ0v) is 23.3. The van der Waals surface area contributed by atoms with Crippen molar-refractivity contribution in [2.45, 2.75) is 0 Å². The Morgan fingerprint density at radius 1 is 0.415 bits per heavy atom. The van der Waals surface area contributed by atoms with Crippen LogP contribution in [-0.4, -0.2) is 40.3 Å². The molecule has 0 atom stereocenters. The topological polar surface area (TPSA) is 221 Å². The molecule has 0 saturated heterocycles. The van der Waals surface area contributed by atoms with Gasteiger partial charge in [0.25, 0.3) is 0 Å². The largest absolute Gasteiger partial charge is 2.00 e. The molecular weight excluding hydrogens is 607 g/mol. The molecule has 6 heterocycles. The fourth-order valence-corrected chi connectivity index (χ4v) is 4.41. The number of nitrogens with zero attached hydrogens (tertiary/aromatic N) is 14. The molecule has 0 spiro atoms. The average molecular weight is 624 g/mol. The Morgan fingerprint density at radius 3 is 0.805 bits per heavy atom. The van der Waals surface area contributed by atoms with Gasteiger partial charge in [0.15, 0.2) is 20.0 Å². The van der Waals surface area contributed by atoms with Gasteiger partial charge in [-0.3, -0.25) is 29.8 Å².